The number of piperazine rings is 1. The lowest BCUT2D eigenvalue weighted by molar-refractivity contribution is -0.111. The van der Waals surface area contributed by atoms with Crippen LogP contribution in [0.3, 0.4) is 0 Å². The first-order valence-electron chi connectivity index (χ1n) is 12.8. The zero-order chi connectivity index (χ0) is 27.4. The number of nitrogens with zero attached hydrogens (tertiary/aromatic N) is 5. The Labute approximate surface area is 226 Å². The molecule has 3 heterocycles. The summed E-state index contributed by atoms with van der Waals surface area (Å²) in [6.07, 6.45) is 5.76. The van der Waals surface area contributed by atoms with Crippen molar-refractivity contribution in [3.05, 3.63) is 79.5 Å². The first kappa shape index (κ1) is 26.2. The second kappa shape index (κ2) is 11.5. The summed E-state index contributed by atoms with van der Waals surface area (Å²) in [4.78, 5) is 29.4. The predicted molar refractivity (Wildman–Crippen MR) is 152 cm³/mol. The zero-order valence-electron chi connectivity index (χ0n) is 21.6. The minimum atomic E-state index is -0.397. The lowest BCUT2D eigenvalue weighted by Crippen LogP contribution is -2.48. The van der Waals surface area contributed by atoms with Gasteiger partial charge in [-0.15, -0.1) is 0 Å². The van der Waals surface area contributed by atoms with Gasteiger partial charge in [0.2, 0.25) is 11.9 Å². The number of pyridine rings is 1. The van der Waals surface area contributed by atoms with E-state index in [1.807, 2.05) is 24.3 Å². The van der Waals surface area contributed by atoms with E-state index < -0.39 is 5.82 Å². The van der Waals surface area contributed by atoms with Gasteiger partial charge in [-0.3, -0.25) is 14.7 Å². The number of carbonyl (C=O) groups excluding carboxylic acids is 1. The van der Waals surface area contributed by atoms with Crippen LogP contribution in [0.5, 0.6) is 0 Å². The van der Waals surface area contributed by atoms with Gasteiger partial charge in [0.1, 0.15) is 5.82 Å². The van der Waals surface area contributed by atoms with Crippen LogP contribution in [0.25, 0.3) is 22.0 Å². The molecule has 5 rings (SSSR count). The van der Waals surface area contributed by atoms with Crippen molar-refractivity contribution in [1.29, 1.82) is 0 Å². The fourth-order valence-corrected chi connectivity index (χ4v) is 4.68. The molecular weight excluding hydrogens is 497 g/mol. The summed E-state index contributed by atoms with van der Waals surface area (Å²) in [6.45, 7) is 9.07. The Morgan fingerprint density at radius 2 is 1.97 bits per heavy atom. The predicted octanol–water partition coefficient (Wildman–Crippen LogP) is 4.20. The Morgan fingerprint density at radius 3 is 2.72 bits per heavy atom. The van der Waals surface area contributed by atoms with Crippen molar-refractivity contribution >= 4 is 39.8 Å². The molecule has 9 nitrogen and oxygen atoms in total. The van der Waals surface area contributed by atoms with Gasteiger partial charge in [-0.2, -0.15) is 0 Å². The molecule has 0 bridgehead atoms. The fraction of sp³-hybridized carbons (Fsp3) is 0.241. The van der Waals surface area contributed by atoms with Gasteiger partial charge in [0.25, 0.3) is 0 Å². The first-order chi connectivity index (χ1) is 18.9. The van der Waals surface area contributed by atoms with Crippen molar-refractivity contribution in [3.8, 4) is 11.1 Å². The van der Waals surface area contributed by atoms with Crippen molar-refractivity contribution in [1.82, 2.24) is 19.9 Å². The summed E-state index contributed by atoms with van der Waals surface area (Å²) in [7, 11) is 0. The highest BCUT2D eigenvalue weighted by Gasteiger charge is 2.19. The summed E-state index contributed by atoms with van der Waals surface area (Å²) in [5.41, 5.74) is 3.85. The smallest absolute Gasteiger partial charge is 0.247 e. The normalized spacial score (nSPS) is 14.7. The number of carbonyl (C=O) groups is 1. The minimum absolute atomic E-state index is 0.261. The molecule has 0 spiro atoms. The molecule has 3 N–H and O–H groups in total. The Bertz CT molecular complexity index is 1500. The molecule has 4 aromatic rings. The molecular formula is C29H30FN7O2. The number of amides is 1. The molecule has 200 valence electrons. The van der Waals surface area contributed by atoms with E-state index in [1.165, 1.54) is 12.1 Å². The lowest BCUT2D eigenvalue weighted by Gasteiger charge is -2.36. The van der Waals surface area contributed by atoms with E-state index >= 15 is 4.39 Å². The fourth-order valence-electron chi connectivity index (χ4n) is 4.68. The van der Waals surface area contributed by atoms with Crippen LogP contribution < -0.4 is 15.5 Å². The van der Waals surface area contributed by atoms with Gasteiger partial charge in [0.05, 0.1) is 29.2 Å². The third-order valence-electron chi connectivity index (χ3n) is 6.57. The number of β-amino-alcohol motifs (C(OH)–C–C–N with tert-alkyl or cyclic N) is 1. The Balaban J connectivity index is 1.35. The number of rotatable bonds is 8. The van der Waals surface area contributed by atoms with Gasteiger partial charge in [-0.25, -0.2) is 14.4 Å². The quantitative estimate of drug-likeness (QED) is 0.293. The average Bonchev–Trinajstić information content (AvgIpc) is 2.94. The van der Waals surface area contributed by atoms with Crippen LogP contribution >= 0.6 is 0 Å². The maximum absolute atomic E-state index is 15.1. The summed E-state index contributed by atoms with van der Waals surface area (Å²) in [6, 6.07) is 12.6. The number of anilines is 4. The van der Waals surface area contributed by atoms with E-state index in [0.717, 1.165) is 48.4 Å². The lowest BCUT2D eigenvalue weighted by atomic mass is 10.0. The Morgan fingerprint density at radius 1 is 1.15 bits per heavy atom. The number of aromatic nitrogens is 3. The van der Waals surface area contributed by atoms with Crippen LogP contribution in [0, 0.1) is 5.82 Å². The summed E-state index contributed by atoms with van der Waals surface area (Å²) in [5, 5.41) is 16.2. The molecule has 0 aliphatic carbocycles. The number of aliphatic hydroxyl groups excluding tert-OH is 1. The highest BCUT2D eigenvalue weighted by Crippen LogP contribution is 2.30. The van der Waals surface area contributed by atoms with E-state index in [9.17, 15) is 9.90 Å². The van der Waals surface area contributed by atoms with Crippen LogP contribution in [0.1, 0.15) is 6.92 Å². The van der Waals surface area contributed by atoms with Crippen molar-refractivity contribution in [3.63, 3.8) is 0 Å². The number of hydrogen-bond acceptors (Lipinski definition) is 8. The van der Waals surface area contributed by atoms with Gasteiger partial charge in [0, 0.05) is 67.3 Å². The molecule has 1 atom stereocenters. The zero-order valence-corrected chi connectivity index (χ0v) is 21.6. The Kier molecular flexibility index (Phi) is 7.76. The largest absolute Gasteiger partial charge is 0.392 e. The standard InChI is InChI=1S/C29H30FN7O2/c1-3-27(39)33-22-13-21(15-31-17-22)24-6-4-5-20-16-32-29(35-28(20)24)34-26-8-7-23(14-25(26)30)37-11-9-36(10-12-37)18-19(2)38/h3-8,13-17,19,38H,1,9-12,18H2,2H3,(H,33,39)(H,32,34,35). The number of hydrogen-bond donors (Lipinski definition) is 3. The van der Waals surface area contributed by atoms with Crippen LogP contribution in [-0.2, 0) is 4.79 Å². The molecule has 39 heavy (non-hydrogen) atoms. The molecule has 10 heteroatoms. The highest BCUT2D eigenvalue weighted by atomic mass is 19.1. The maximum atomic E-state index is 15.1. The van der Waals surface area contributed by atoms with Gasteiger partial charge >= 0.3 is 0 Å². The summed E-state index contributed by atoms with van der Waals surface area (Å²) >= 11 is 0. The highest BCUT2D eigenvalue weighted by molar-refractivity contribution is 6.00. The van der Waals surface area contributed by atoms with Crippen LogP contribution in [0.15, 0.2) is 73.7 Å². The Hall–Kier alpha value is -4.41. The van der Waals surface area contributed by atoms with E-state index in [0.29, 0.717) is 17.7 Å². The SMILES string of the molecule is C=CC(=O)Nc1cncc(-c2cccc3cnc(Nc4ccc(N5CCN(CC(C)O)CC5)cc4F)nc23)c1. The molecule has 0 saturated carbocycles. The third-order valence-corrected chi connectivity index (χ3v) is 6.57. The number of aliphatic hydroxyl groups is 1. The molecule has 1 saturated heterocycles. The van der Waals surface area contributed by atoms with Crippen LogP contribution in [0.4, 0.5) is 27.4 Å². The number of nitrogens with one attached hydrogen (secondary N) is 2. The van der Waals surface area contributed by atoms with E-state index in [4.69, 9.17) is 0 Å². The topological polar surface area (TPSA) is 107 Å². The third kappa shape index (κ3) is 6.19. The number of halogens is 1. The van der Waals surface area contributed by atoms with Gasteiger partial charge in [-0.1, -0.05) is 24.8 Å². The molecule has 0 radical (unpaired) electrons. The van der Waals surface area contributed by atoms with Crippen molar-refractivity contribution in [2.75, 3.05) is 48.3 Å². The van der Waals surface area contributed by atoms with E-state index in [1.54, 1.807) is 37.6 Å². The number of benzene rings is 2. The van der Waals surface area contributed by atoms with Crippen molar-refractivity contribution in [2.45, 2.75) is 13.0 Å². The van der Waals surface area contributed by atoms with Gasteiger partial charge in [0.15, 0.2) is 0 Å². The number of para-hydroxylation sites is 1. The average molecular weight is 528 g/mol. The van der Waals surface area contributed by atoms with Gasteiger partial charge in [-0.05, 0) is 37.3 Å². The van der Waals surface area contributed by atoms with Crippen molar-refractivity contribution < 1.29 is 14.3 Å². The minimum Gasteiger partial charge on any atom is -0.392 e. The molecule has 2 aromatic carbocycles. The molecule has 1 aliphatic rings. The monoisotopic (exact) mass is 527 g/mol. The van der Waals surface area contributed by atoms with Crippen LogP contribution in [0.2, 0.25) is 0 Å². The summed E-state index contributed by atoms with van der Waals surface area (Å²) < 4.78 is 15.1. The molecule has 1 amide bonds. The van der Waals surface area contributed by atoms with Crippen LogP contribution in [-0.4, -0.2) is 69.7 Å². The first-order valence-corrected chi connectivity index (χ1v) is 12.8. The molecule has 1 aliphatic heterocycles. The number of fused-ring (bicyclic) bond motifs is 1. The van der Waals surface area contributed by atoms with E-state index in [-0.39, 0.29) is 23.6 Å². The van der Waals surface area contributed by atoms with Crippen molar-refractivity contribution in [2.24, 2.45) is 0 Å². The molecule has 1 fully saturated rings. The van der Waals surface area contributed by atoms with E-state index in [2.05, 4.69) is 42.0 Å². The molecule has 2 aromatic heterocycles. The second-order valence-electron chi connectivity index (χ2n) is 9.52. The maximum Gasteiger partial charge on any atom is 0.247 e. The van der Waals surface area contributed by atoms with Gasteiger partial charge < -0.3 is 20.6 Å². The second-order valence-corrected chi connectivity index (χ2v) is 9.52. The summed E-state index contributed by atoms with van der Waals surface area (Å²) in [5.74, 6) is -0.463. The molecule has 1 unspecified atom stereocenters.